The Hall–Kier alpha value is -2.49. The number of imidazole rings is 1. The van der Waals surface area contributed by atoms with Gasteiger partial charge in [-0.25, -0.2) is 4.98 Å². The number of nitrogens with one attached hydrogen (secondary N) is 1. The van der Waals surface area contributed by atoms with Crippen molar-refractivity contribution in [1.82, 2.24) is 30.0 Å². The Morgan fingerprint density at radius 1 is 1.52 bits per heavy atom. The van der Waals surface area contributed by atoms with Gasteiger partial charge in [-0.05, 0) is 23.8 Å². The number of carboxylic acids is 1. The molecule has 3 rings (SSSR count). The second-order valence-electron chi connectivity index (χ2n) is 4.38. The first kappa shape index (κ1) is 13.5. The number of carboxylic acid groups (broad SMARTS) is 1. The van der Waals surface area contributed by atoms with E-state index in [0.29, 0.717) is 15.7 Å². The summed E-state index contributed by atoms with van der Waals surface area (Å²) in [7, 11) is 0. The number of aromatic hydroxyl groups is 1. The van der Waals surface area contributed by atoms with Crippen LogP contribution in [0.15, 0.2) is 16.7 Å². The highest BCUT2D eigenvalue weighted by Gasteiger charge is 2.22. The number of hydrogen-bond acceptors (Lipinski definition) is 6. The maximum absolute atomic E-state index is 11.1. The number of pyridine rings is 1. The summed E-state index contributed by atoms with van der Waals surface area (Å²) >= 11 is 3.32. The minimum Gasteiger partial charge on any atom is -0.493 e. The third-order valence-corrected chi connectivity index (χ3v) is 3.79. The molecule has 108 valence electrons. The van der Waals surface area contributed by atoms with E-state index in [4.69, 9.17) is 5.11 Å². The van der Waals surface area contributed by atoms with Crippen molar-refractivity contribution in [2.75, 3.05) is 0 Å². The van der Waals surface area contributed by atoms with Crippen molar-refractivity contribution in [2.45, 2.75) is 12.8 Å². The van der Waals surface area contributed by atoms with Crippen LogP contribution in [0.1, 0.15) is 18.4 Å². The Morgan fingerprint density at radius 3 is 2.90 bits per heavy atom. The molecule has 3 aromatic heterocycles. The minimum atomic E-state index is -0.965. The average molecular weight is 353 g/mol. The maximum Gasteiger partial charge on any atom is 0.310 e. The number of rotatable bonds is 3. The van der Waals surface area contributed by atoms with E-state index < -0.39 is 11.9 Å². The van der Waals surface area contributed by atoms with Crippen molar-refractivity contribution in [1.29, 1.82) is 0 Å². The van der Waals surface area contributed by atoms with Gasteiger partial charge in [0.25, 0.3) is 0 Å². The lowest BCUT2D eigenvalue weighted by atomic mass is 10.0. The number of carbonyl (C=O) groups is 1. The average Bonchev–Trinajstić information content (AvgIpc) is 3.05. The van der Waals surface area contributed by atoms with Gasteiger partial charge in [-0.1, -0.05) is 15.9 Å². The fourth-order valence-electron chi connectivity index (χ4n) is 1.93. The van der Waals surface area contributed by atoms with Gasteiger partial charge >= 0.3 is 5.97 Å². The zero-order valence-corrected chi connectivity index (χ0v) is 12.2. The molecule has 0 bridgehead atoms. The van der Waals surface area contributed by atoms with Gasteiger partial charge in [-0.15, -0.1) is 10.2 Å². The second-order valence-corrected chi connectivity index (χ2v) is 5.24. The van der Waals surface area contributed by atoms with E-state index in [1.807, 2.05) is 0 Å². The Kier molecular flexibility index (Phi) is 3.09. The van der Waals surface area contributed by atoms with Gasteiger partial charge in [0.05, 0.1) is 5.92 Å². The topological polar surface area (TPSA) is 129 Å². The summed E-state index contributed by atoms with van der Waals surface area (Å²) < 4.78 is 1.97. The number of nitrogens with zero attached hydrogens (tertiary/aromatic N) is 5. The first-order valence-electron chi connectivity index (χ1n) is 5.86. The van der Waals surface area contributed by atoms with Gasteiger partial charge in [0, 0.05) is 10.7 Å². The van der Waals surface area contributed by atoms with E-state index in [1.54, 1.807) is 13.0 Å². The van der Waals surface area contributed by atoms with Crippen LogP contribution in [0.3, 0.4) is 0 Å². The molecule has 1 unspecified atom stereocenters. The number of aromatic nitrogens is 6. The molecule has 1 atom stereocenters. The monoisotopic (exact) mass is 352 g/mol. The minimum absolute atomic E-state index is 0.153. The van der Waals surface area contributed by atoms with Crippen LogP contribution >= 0.6 is 15.9 Å². The van der Waals surface area contributed by atoms with E-state index >= 15 is 0 Å². The van der Waals surface area contributed by atoms with Crippen LogP contribution in [0.5, 0.6) is 5.88 Å². The Labute approximate surface area is 125 Å². The van der Waals surface area contributed by atoms with Crippen LogP contribution in [0, 0.1) is 0 Å². The molecule has 0 aliphatic heterocycles. The largest absolute Gasteiger partial charge is 0.493 e. The molecule has 0 radical (unpaired) electrons. The molecule has 3 aromatic rings. The lowest BCUT2D eigenvalue weighted by Crippen LogP contribution is -2.09. The van der Waals surface area contributed by atoms with Crippen molar-refractivity contribution in [3.05, 3.63) is 22.3 Å². The third kappa shape index (κ3) is 2.13. The Morgan fingerprint density at radius 2 is 2.29 bits per heavy atom. The van der Waals surface area contributed by atoms with Crippen LogP contribution < -0.4 is 0 Å². The first-order chi connectivity index (χ1) is 9.99. The zero-order chi connectivity index (χ0) is 15.1. The predicted molar refractivity (Wildman–Crippen MR) is 73.8 cm³/mol. The molecule has 0 amide bonds. The van der Waals surface area contributed by atoms with Crippen molar-refractivity contribution >= 4 is 27.5 Å². The van der Waals surface area contributed by atoms with Crippen molar-refractivity contribution in [2.24, 2.45) is 0 Å². The SMILES string of the molecule is CC(C(=O)O)c1cn2c(O)c(-c3nn[nH]n3)nc2cc1Br. The molecule has 21 heavy (non-hydrogen) atoms. The lowest BCUT2D eigenvalue weighted by Gasteiger charge is -2.10. The molecule has 0 aliphatic rings. The number of hydrogen-bond donors (Lipinski definition) is 3. The molecule has 9 nitrogen and oxygen atoms in total. The number of tetrazole rings is 1. The fourth-order valence-corrected chi connectivity index (χ4v) is 2.58. The highest BCUT2D eigenvalue weighted by molar-refractivity contribution is 9.10. The van der Waals surface area contributed by atoms with Crippen molar-refractivity contribution in [3.63, 3.8) is 0 Å². The van der Waals surface area contributed by atoms with E-state index in [1.165, 1.54) is 10.6 Å². The standard InChI is InChI=1S/C11H9BrN6O3/c1-4(11(20)21)5-3-18-7(2-6(5)12)13-8(10(18)19)9-14-16-17-15-9/h2-4,19H,1H3,(H,20,21)(H,14,15,16,17). The molecule has 3 heterocycles. The summed E-state index contributed by atoms with van der Waals surface area (Å²) in [6, 6.07) is 1.62. The molecule has 10 heteroatoms. The van der Waals surface area contributed by atoms with Gasteiger partial charge in [0.2, 0.25) is 11.7 Å². The summed E-state index contributed by atoms with van der Waals surface area (Å²) in [5.74, 6) is -1.73. The molecule has 0 saturated carbocycles. The Balaban J connectivity index is 2.22. The normalized spacial score (nSPS) is 12.7. The maximum atomic E-state index is 11.1. The molecular formula is C11H9BrN6O3. The quantitative estimate of drug-likeness (QED) is 0.644. The Bertz CT molecular complexity index is 828. The highest BCUT2D eigenvalue weighted by Crippen LogP contribution is 2.32. The predicted octanol–water partition coefficient (Wildman–Crippen LogP) is 1.17. The molecule has 0 saturated heterocycles. The fraction of sp³-hybridized carbons (Fsp3) is 0.182. The summed E-state index contributed by atoms with van der Waals surface area (Å²) in [5.41, 5.74) is 1.11. The van der Waals surface area contributed by atoms with Crippen LogP contribution in [-0.4, -0.2) is 46.2 Å². The molecule has 0 aliphatic carbocycles. The van der Waals surface area contributed by atoms with Gasteiger partial charge in [0.1, 0.15) is 5.65 Å². The molecular weight excluding hydrogens is 344 g/mol. The van der Waals surface area contributed by atoms with Crippen LogP contribution in [0.25, 0.3) is 17.2 Å². The molecule has 0 spiro atoms. The number of aliphatic carboxylic acids is 1. The lowest BCUT2D eigenvalue weighted by molar-refractivity contribution is -0.138. The summed E-state index contributed by atoms with van der Waals surface area (Å²) in [5, 5.41) is 32.5. The van der Waals surface area contributed by atoms with E-state index in [2.05, 4.69) is 41.5 Å². The number of aromatic amines is 1. The number of fused-ring (bicyclic) bond motifs is 1. The number of halogens is 1. The van der Waals surface area contributed by atoms with Crippen LogP contribution in [-0.2, 0) is 4.79 Å². The van der Waals surface area contributed by atoms with Gasteiger partial charge < -0.3 is 10.2 Å². The van der Waals surface area contributed by atoms with Gasteiger partial charge in [-0.3, -0.25) is 9.20 Å². The van der Waals surface area contributed by atoms with Gasteiger partial charge in [0.15, 0.2) is 5.69 Å². The third-order valence-electron chi connectivity index (χ3n) is 3.11. The van der Waals surface area contributed by atoms with Crippen molar-refractivity contribution in [3.8, 4) is 17.4 Å². The number of H-pyrrole nitrogens is 1. The first-order valence-corrected chi connectivity index (χ1v) is 6.65. The van der Waals surface area contributed by atoms with Crippen molar-refractivity contribution < 1.29 is 15.0 Å². The van der Waals surface area contributed by atoms with Crippen LogP contribution in [0.4, 0.5) is 0 Å². The van der Waals surface area contributed by atoms with Crippen LogP contribution in [0.2, 0.25) is 0 Å². The molecule has 3 N–H and O–H groups in total. The zero-order valence-electron chi connectivity index (χ0n) is 10.6. The summed E-state index contributed by atoms with van der Waals surface area (Å²) in [6.45, 7) is 1.56. The van der Waals surface area contributed by atoms with E-state index in [-0.39, 0.29) is 17.4 Å². The summed E-state index contributed by atoms with van der Waals surface area (Å²) in [6.07, 6.45) is 1.52. The highest BCUT2D eigenvalue weighted by atomic mass is 79.9. The second kappa shape index (κ2) is 4.81. The van der Waals surface area contributed by atoms with E-state index in [9.17, 15) is 9.90 Å². The van der Waals surface area contributed by atoms with Gasteiger partial charge in [-0.2, -0.15) is 5.21 Å². The smallest absolute Gasteiger partial charge is 0.310 e. The summed E-state index contributed by atoms with van der Waals surface area (Å²) in [4.78, 5) is 15.3. The molecule has 0 aromatic carbocycles. The molecule has 0 fully saturated rings. The van der Waals surface area contributed by atoms with E-state index in [0.717, 1.165) is 0 Å².